The third-order valence-electron chi connectivity index (χ3n) is 6.82. The van der Waals surface area contributed by atoms with Crippen molar-refractivity contribution in [1.29, 1.82) is 0 Å². The first-order valence-corrected chi connectivity index (χ1v) is 14.4. The van der Waals surface area contributed by atoms with Crippen molar-refractivity contribution in [3.05, 3.63) is 101 Å². The van der Waals surface area contributed by atoms with Crippen molar-refractivity contribution in [1.82, 2.24) is 25.3 Å². The summed E-state index contributed by atoms with van der Waals surface area (Å²) >= 11 is 0. The molecule has 0 saturated carbocycles. The minimum atomic E-state index is -3.75. The molecule has 1 aromatic heterocycles. The summed E-state index contributed by atoms with van der Waals surface area (Å²) in [5.41, 5.74) is 3.81. The second kappa shape index (κ2) is 11.3. The zero-order valence-corrected chi connectivity index (χ0v) is 22.6. The highest BCUT2D eigenvalue weighted by Gasteiger charge is 2.37. The molecule has 0 spiro atoms. The van der Waals surface area contributed by atoms with Crippen molar-refractivity contribution in [3.8, 4) is 0 Å². The van der Waals surface area contributed by atoms with E-state index in [0.717, 1.165) is 22.2 Å². The minimum absolute atomic E-state index is 0.120. The van der Waals surface area contributed by atoms with Gasteiger partial charge < -0.3 is 15.6 Å². The fourth-order valence-electron chi connectivity index (χ4n) is 4.88. The molecule has 0 aliphatic carbocycles. The summed E-state index contributed by atoms with van der Waals surface area (Å²) in [6, 6.07) is 22.5. The van der Waals surface area contributed by atoms with Crippen LogP contribution in [0.1, 0.15) is 47.2 Å². The van der Waals surface area contributed by atoms with E-state index in [4.69, 9.17) is 4.98 Å². The Balaban J connectivity index is 1.41. The zero-order valence-electron chi connectivity index (χ0n) is 21.8. The molecule has 1 saturated heterocycles. The summed E-state index contributed by atoms with van der Waals surface area (Å²) in [4.78, 5) is 45.1. The van der Waals surface area contributed by atoms with E-state index < -0.39 is 33.3 Å². The minimum Gasteiger partial charge on any atom is -0.344 e. The Kier molecular flexibility index (Phi) is 7.65. The Bertz CT molecular complexity index is 1620. The van der Waals surface area contributed by atoms with E-state index in [1.165, 1.54) is 6.92 Å². The van der Waals surface area contributed by atoms with Crippen molar-refractivity contribution in [3.63, 3.8) is 0 Å². The molecule has 40 heavy (non-hydrogen) atoms. The molecule has 0 radical (unpaired) electrons. The van der Waals surface area contributed by atoms with Gasteiger partial charge in [0.2, 0.25) is 27.7 Å². The molecule has 5 rings (SSSR count). The standard InChI is InChI=1S/C29H29N5O5S/c1-18(35)30-25(16-19-7-3-2-4-8-19)29(37)33-24(28-31-22-9-5-6-10-23(22)32-28)15-20-11-13-21(14-12-20)26-17-27(36)34-40(26,38)39/h2-14,24-26H,15-17H2,1H3,(H,30,35)(H,31,32)(H,33,37)(H,34,36)/t24-,25-,26?/m0/s1. The molecule has 3 amide bonds. The number of aromatic amines is 1. The number of para-hydroxylation sites is 2. The number of nitrogens with one attached hydrogen (secondary N) is 4. The highest BCUT2D eigenvalue weighted by atomic mass is 32.2. The summed E-state index contributed by atoms with van der Waals surface area (Å²) in [6.45, 7) is 1.37. The van der Waals surface area contributed by atoms with Crippen LogP contribution in [0.3, 0.4) is 0 Å². The van der Waals surface area contributed by atoms with Crippen LogP contribution < -0.4 is 15.4 Å². The average molecular weight is 560 g/mol. The fourth-order valence-corrected chi connectivity index (χ4v) is 6.31. The topological polar surface area (TPSA) is 150 Å². The van der Waals surface area contributed by atoms with Crippen LogP contribution in [-0.4, -0.2) is 42.1 Å². The van der Waals surface area contributed by atoms with Crippen molar-refractivity contribution >= 4 is 38.8 Å². The Morgan fingerprint density at radius 2 is 1.60 bits per heavy atom. The number of hydrogen-bond donors (Lipinski definition) is 4. The number of nitrogens with zero attached hydrogens (tertiary/aromatic N) is 1. The Labute approximate surface area is 231 Å². The third-order valence-corrected chi connectivity index (χ3v) is 8.52. The molecule has 11 heteroatoms. The van der Waals surface area contributed by atoms with Gasteiger partial charge in [0.05, 0.1) is 23.5 Å². The fraction of sp³-hybridized carbons (Fsp3) is 0.241. The van der Waals surface area contributed by atoms with Gasteiger partial charge in [0, 0.05) is 13.3 Å². The molecule has 4 N–H and O–H groups in total. The van der Waals surface area contributed by atoms with Crippen LogP contribution in [0.25, 0.3) is 11.0 Å². The van der Waals surface area contributed by atoms with Crippen molar-refractivity contribution in [2.45, 2.75) is 43.5 Å². The molecule has 2 heterocycles. The summed E-state index contributed by atoms with van der Waals surface area (Å²) < 4.78 is 26.6. The predicted molar refractivity (Wildman–Crippen MR) is 149 cm³/mol. The first-order valence-electron chi connectivity index (χ1n) is 12.9. The molecule has 1 aliphatic heterocycles. The van der Waals surface area contributed by atoms with Crippen LogP contribution in [0.5, 0.6) is 0 Å². The van der Waals surface area contributed by atoms with Gasteiger partial charge in [-0.25, -0.2) is 13.4 Å². The second-order valence-electron chi connectivity index (χ2n) is 9.85. The van der Waals surface area contributed by atoms with E-state index in [9.17, 15) is 22.8 Å². The van der Waals surface area contributed by atoms with Crippen molar-refractivity contribution in [2.75, 3.05) is 0 Å². The first-order chi connectivity index (χ1) is 19.2. The predicted octanol–water partition coefficient (Wildman–Crippen LogP) is 2.60. The first kappa shape index (κ1) is 27.1. The molecule has 3 atom stereocenters. The molecule has 3 aromatic carbocycles. The number of amides is 3. The van der Waals surface area contributed by atoms with E-state index in [0.29, 0.717) is 24.2 Å². The highest BCUT2D eigenvalue weighted by molar-refractivity contribution is 7.90. The SMILES string of the molecule is CC(=O)N[C@@H](Cc1ccccc1)C(=O)N[C@@H](Cc1ccc(C2CC(=O)NS2(=O)=O)cc1)c1nc2ccccc2[nH]1. The number of rotatable bonds is 9. The van der Waals surface area contributed by atoms with E-state index in [-0.39, 0.29) is 18.2 Å². The highest BCUT2D eigenvalue weighted by Crippen LogP contribution is 2.30. The number of aromatic nitrogens is 2. The molecule has 1 unspecified atom stereocenters. The molecular weight excluding hydrogens is 530 g/mol. The van der Waals surface area contributed by atoms with Crippen molar-refractivity contribution < 1.29 is 22.8 Å². The van der Waals surface area contributed by atoms with Gasteiger partial charge in [-0.1, -0.05) is 66.7 Å². The Morgan fingerprint density at radius 1 is 0.925 bits per heavy atom. The van der Waals surface area contributed by atoms with Gasteiger partial charge in [-0.3, -0.25) is 19.1 Å². The van der Waals surface area contributed by atoms with Crippen LogP contribution in [0.15, 0.2) is 78.9 Å². The van der Waals surface area contributed by atoms with Gasteiger partial charge in [0.1, 0.15) is 17.1 Å². The number of fused-ring (bicyclic) bond motifs is 1. The monoisotopic (exact) mass is 559 g/mol. The molecule has 1 fully saturated rings. The number of hydrogen-bond acceptors (Lipinski definition) is 6. The van der Waals surface area contributed by atoms with E-state index in [1.54, 1.807) is 24.3 Å². The zero-order chi connectivity index (χ0) is 28.3. The smallest absolute Gasteiger partial charge is 0.243 e. The lowest BCUT2D eigenvalue weighted by molar-refractivity contribution is -0.128. The van der Waals surface area contributed by atoms with E-state index in [2.05, 4.69) is 15.6 Å². The lowest BCUT2D eigenvalue weighted by atomic mass is 10.0. The normalized spacial score (nSPS) is 17.6. The van der Waals surface area contributed by atoms with Gasteiger partial charge in [-0.2, -0.15) is 0 Å². The summed E-state index contributed by atoms with van der Waals surface area (Å²) in [7, 11) is -3.75. The molecular formula is C29H29N5O5S. The largest absolute Gasteiger partial charge is 0.344 e. The van der Waals surface area contributed by atoms with Crippen LogP contribution in [-0.2, 0) is 37.2 Å². The number of benzene rings is 3. The number of carbonyl (C=O) groups is 3. The number of H-pyrrole nitrogens is 1. The maximum atomic E-state index is 13.5. The van der Waals surface area contributed by atoms with Gasteiger partial charge in [-0.15, -0.1) is 0 Å². The van der Waals surface area contributed by atoms with Gasteiger partial charge >= 0.3 is 0 Å². The lowest BCUT2D eigenvalue weighted by Crippen LogP contribution is -2.48. The molecule has 0 bridgehead atoms. The quantitative estimate of drug-likeness (QED) is 0.248. The van der Waals surface area contributed by atoms with Crippen molar-refractivity contribution in [2.24, 2.45) is 0 Å². The maximum Gasteiger partial charge on any atom is 0.243 e. The van der Waals surface area contributed by atoms with Gasteiger partial charge in [0.25, 0.3) is 0 Å². The van der Waals surface area contributed by atoms with Crippen LogP contribution in [0.4, 0.5) is 0 Å². The third kappa shape index (κ3) is 6.20. The summed E-state index contributed by atoms with van der Waals surface area (Å²) in [5.74, 6) is -0.649. The Morgan fingerprint density at radius 3 is 2.25 bits per heavy atom. The number of imidazole rings is 1. The van der Waals surface area contributed by atoms with Crippen LogP contribution in [0.2, 0.25) is 0 Å². The molecule has 10 nitrogen and oxygen atoms in total. The molecule has 1 aliphatic rings. The Hall–Kier alpha value is -4.51. The molecule has 4 aromatic rings. The van der Waals surface area contributed by atoms with Crippen LogP contribution >= 0.6 is 0 Å². The molecule has 206 valence electrons. The van der Waals surface area contributed by atoms with E-state index in [1.807, 2.05) is 59.3 Å². The number of sulfonamides is 1. The summed E-state index contributed by atoms with van der Waals surface area (Å²) in [5, 5.41) is 4.88. The second-order valence-corrected chi connectivity index (χ2v) is 11.7. The van der Waals surface area contributed by atoms with Crippen LogP contribution in [0, 0.1) is 0 Å². The summed E-state index contributed by atoms with van der Waals surface area (Å²) in [6.07, 6.45) is 0.542. The number of carbonyl (C=O) groups excluding carboxylic acids is 3. The average Bonchev–Trinajstić information content (AvgIpc) is 3.48. The van der Waals surface area contributed by atoms with Gasteiger partial charge in [0.15, 0.2) is 0 Å². The maximum absolute atomic E-state index is 13.5. The van der Waals surface area contributed by atoms with E-state index >= 15 is 0 Å². The van der Waals surface area contributed by atoms with Gasteiger partial charge in [-0.05, 0) is 35.2 Å². The lowest BCUT2D eigenvalue weighted by Gasteiger charge is -2.23.